The number of ether oxygens (including phenoxy) is 1. The monoisotopic (exact) mass is 445 g/mol. The van der Waals surface area contributed by atoms with E-state index < -0.39 is 10.0 Å². The second-order valence-corrected chi connectivity index (χ2v) is 9.80. The minimum atomic E-state index is -3.65. The maximum absolute atomic E-state index is 13.2. The van der Waals surface area contributed by atoms with E-state index in [0.717, 1.165) is 11.3 Å². The van der Waals surface area contributed by atoms with Crippen LogP contribution in [0.2, 0.25) is 0 Å². The minimum absolute atomic E-state index is 0.183. The molecule has 31 heavy (non-hydrogen) atoms. The van der Waals surface area contributed by atoms with Gasteiger partial charge in [-0.1, -0.05) is 25.1 Å². The number of methoxy groups -OCH3 is 1. The lowest BCUT2D eigenvalue weighted by Crippen LogP contribution is -2.47. The molecule has 1 saturated heterocycles. The minimum Gasteiger partial charge on any atom is -0.497 e. The van der Waals surface area contributed by atoms with Crippen LogP contribution in [-0.2, 0) is 10.0 Å². The molecular weight excluding hydrogens is 414 g/mol. The zero-order valence-corrected chi connectivity index (χ0v) is 19.4. The standard InChI is InChI=1S/C23H31N3O4S/c1-5-21(18-8-10-20(30-4)11-9-18)24-23(27)19-7-6-17(2)22(16-19)31(28,29)26-14-12-25(3)13-15-26/h6-11,16,21H,5,12-15H2,1-4H3,(H,24,27)/t21-/m0/s1. The van der Waals surface area contributed by atoms with E-state index >= 15 is 0 Å². The van der Waals surface area contributed by atoms with E-state index in [1.165, 1.54) is 10.4 Å². The lowest BCUT2D eigenvalue weighted by Gasteiger charge is -2.32. The van der Waals surface area contributed by atoms with E-state index in [0.29, 0.717) is 43.7 Å². The quantitative estimate of drug-likeness (QED) is 0.709. The van der Waals surface area contributed by atoms with Crippen molar-refractivity contribution in [1.29, 1.82) is 0 Å². The molecule has 0 radical (unpaired) electrons. The van der Waals surface area contributed by atoms with Crippen molar-refractivity contribution in [3.8, 4) is 5.75 Å². The van der Waals surface area contributed by atoms with Gasteiger partial charge in [0.05, 0.1) is 18.0 Å². The van der Waals surface area contributed by atoms with Crippen molar-refractivity contribution < 1.29 is 17.9 Å². The maximum atomic E-state index is 13.2. The van der Waals surface area contributed by atoms with E-state index in [2.05, 4.69) is 10.2 Å². The van der Waals surface area contributed by atoms with Gasteiger partial charge in [0.1, 0.15) is 5.75 Å². The van der Waals surface area contributed by atoms with Crippen LogP contribution in [0.15, 0.2) is 47.4 Å². The molecule has 0 unspecified atom stereocenters. The van der Waals surface area contributed by atoms with Gasteiger partial charge in [-0.3, -0.25) is 4.79 Å². The van der Waals surface area contributed by atoms with Crippen LogP contribution in [-0.4, -0.2) is 63.9 Å². The summed E-state index contributed by atoms with van der Waals surface area (Å²) in [6.07, 6.45) is 0.705. The lowest BCUT2D eigenvalue weighted by molar-refractivity contribution is 0.0935. The number of carbonyl (C=O) groups excluding carboxylic acids is 1. The molecule has 1 atom stereocenters. The third kappa shape index (κ3) is 5.26. The first-order valence-corrected chi connectivity index (χ1v) is 11.9. The first kappa shape index (κ1) is 23.2. The molecule has 0 aromatic heterocycles. The van der Waals surface area contributed by atoms with Crippen LogP contribution in [0.3, 0.4) is 0 Å². The highest BCUT2D eigenvalue weighted by Gasteiger charge is 2.29. The fourth-order valence-corrected chi connectivity index (χ4v) is 5.36. The molecule has 7 nitrogen and oxygen atoms in total. The maximum Gasteiger partial charge on any atom is 0.251 e. The Balaban J connectivity index is 1.81. The average Bonchev–Trinajstić information content (AvgIpc) is 2.78. The third-order valence-corrected chi connectivity index (χ3v) is 7.80. The van der Waals surface area contributed by atoms with Crippen molar-refractivity contribution in [2.45, 2.75) is 31.2 Å². The normalized spacial score (nSPS) is 16.6. The molecule has 1 aliphatic heterocycles. The highest BCUT2D eigenvalue weighted by atomic mass is 32.2. The molecule has 0 bridgehead atoms. The van der Waals surface area contributed by atoms with Gasteiger partial charge in [-0.25, -0.2) is 8.42 Å². The molecule has 3 rings (SSSR count). The summed E-state index contributed by atoms with van der Waals surface area (Å²) in [7, 11) is -0.0636. The Morgan fingerprint density at radius 1 is 1.10 bits per heavy atom. The van der Waals surface area contributed by atoms with Crippen LogP contribution >= 0.6 is 0 Å². The Hall–Kier alpha value is -2.42. The van der Waals surface area contributed by atoms with Crippen molar-refractivity contribution in [2.75, 3.05) is 40.3 Å². The van der Waals surface area contributed by atoms with Crippen molar-refractivity contribution in [2.24, 2.45) is 0 Å². The Kier molecular flexibility index (Phi) is 7.35. The molecule has 1 fully saturated rings. The molecule has 0 saturated carbocycles. The number of sulfonamides is 1. The summed E-state index contributed by atoms with van der Waals surface area (Å²) in [5.41, 5.74) is 1.94. The highest BCUT2D eigenvalue weighted by molar-refractivity contribution is 7.89. The number of hydrogen-bond acceptors (Lipinski definition) is 5. The number of rotatable bonds is 7. The Morgan fingerprint density at radius 2 is 1.74 bits per heavy atom. The number of benzene rings is 2. The van der Waals surface area contributed by atoms with Gasteiger partial charge in [0.25, 0.3) is 5.91 Å². The van der Waals surface area contributed by atoms with Crippen LogP contribution in [0.5, 0.6) is 5.75 Å². The first-order chi connectivity index (χ1) is 14.8. The van der Waals surface area contributed by atoms with Gasteiger partial charge >= 0.3 is 0 Å². The number of nitrogens with one attached hydrogen (secondary N) is 1. The molecule has 168 valence electrons. The SMILES string of the molecule is CC[C@H](NC(=O)c1ccc(C)c(S(=O)(=O)N2CCN(C)CC2)c1)c1ccc(OC)cc1. The second-order valence-electron chi connectivity index (χ2n) is 7.90. The Morgan fingerprint density at radius 3 is 2.32 bits per heavy atom. The van der Waals surface area contributed by atoms with E-state index in [4.69, 9.17) is 4.74 Å². The third-order valence-electron chi connectivity index (χ3n) is 5.76. The number of aryl methyl sites for hydroxylation is 1. The largest absolute Gasteiger partial charge is 0.497 e. The fraction of sp³-hybridized carbons (Fsp3) is 0.435. The molecule has 2 aromatic rings. The molecule has 8 heteroatoms. The van der Waals surface area contributed by atoms with Gasteiger partial charge in [-0.15, -0.1) is 0 Å². The predicted octanol–water partition coefficient (Wildman–Crippen LogP) is 2.82. The van der Waals surface area contributed by atoms with Crippen molar-refractivity contribution >= 4 is 15.9 Å². The summed E-state index contributed by atoms with van der Waals surface area (Å²) in [5.74, 6) is 0.458. The molecule has 2 aromatic carbocycles. The van der Waals surface area contributed by atoms with Gasteiger partial charge in [-0.05, 0) is 55.8 Å². The molecule has 1 amide bonds. The zero-order valence-electron chi connectivity index (χ0n) is 18.6. The summed E-state index contributed by atoms with van der Waals surface area (Å²) in [6, 6.07) is 12.3. The number of amides is 1. The topological polar surface area (TPSA) is 79.0 Å². The van der Waals surface area contributed by atoms with Crippen molar-refractivity contribution in [1.82, 2.24) is 14.5 Å². The number of nitrogens with zero attached hydrogens (tertiary/aromatic N) is 2. The van der Waals surface area contributed by atoms with Crippen LogP contribution < -0.4 is 10.1 Å². The number of likely N-dealkylation sites (N-methyl/N-ethyl adjacent to an activating group) is 1. The van der Waals surface area contributed by atoms with Crippen LogP contribution in [0.1, 0.15) is 40.9 Å². The summed E-state index contributed by atoms with van der Waals surface area (Å²) < 4.78 is 33.1. The molecular formula is C23H31N3O4S. The second kappa shape index (κ2) is 9.80. The summed E-state index contributed by atoms with van der Waals surface area (Å²) in [6.45, 7) is 6.04. The van der Waals surface area contributed by atoms with E-state index in [1.54, 1.807) is 26.2 Å². The average molecular weight is 446 g/mol. The molecule has 1 aliphatic rings. The predicted molar refractivity (Wildman–Crippen MR) is 121 cm³/mol. The van der Waals surface area contributed by atoms with Crippen LogP contribution in [0.4, 0.5) is 0 Å². The molecule has 0 aliphatic carbocycles. The number of piperazine rings is 1. The zero-order chi connectivity index (χ0) is 22.6. The summed E-state index contributed by atoms with van der Waals surface area (Å²) in [5, 5.41) is 3.03. The first-order valence-electron chi connectivity index (χ1n) is 10.5. The van der Waals surface area contributed by atoms with Crippen LogP contribution in [0, 0.1) is 6.92 Å². The fourth-order valence-electron chi connectivity index (χ4n) is 3.69. The van der Waals surface area contributed by atoms with Crippen molar-refractivity contribution in [3.63, 3.8) is 0 Å². The van der Waals surface area contributed by atoms with E-state index in [1.807, 2.05) is 38.2 Å². The van der Waals surface area contributed by atoms with Gasteiger partial charge in [0, 0.05) is 31.7 Å². The van der Waals surface area contributed by atoms with Crippen molar-refractivity contribution in [3.05, 3.63) is 59.2 Å². The van der Waals surface area contributed by atoms with E-state index in [-0.39, 0.29) is 16.8 Å². The van der Waals surface area contributed by atoms with Gasteiger partial charge < -0.3 is 15.0 Å². The number of hydrogen-bond donors (Lipinski definition) is 1. The van der Waals surface area contributed by atoms with Gasteiger partial charge in [0.15, 0.2) is 0 Å². The Bertz CT molecular complexity index is 1010. The van der Waals surface area contributed by atoms with Crippen LogP contribution in [0.25, 0.3) is 0 Å². The molecule has 0 spiro atoms. The highest BCUT2D eigenvalue weighted by Crippen LogP contribution is 2.24. The lowest BCUT2D eigenvalue weighted by atomic mass is 10.0. The summed E-state index contributed by atoms with van der Waals surface area (Å²) in [4.78, 5) is 15.3. The van der Waals surface area contributed by atoms with Gasteiger partial charge in [-0.2, -0.15) is 4.31 Å². The Labute approximate surface area is 185 Å². The smallest absolute Gasteiger partial charge is 0.251 e. The van der Waals surface area contributed by atoms with Gasteiger partial charge in [0.2, 0.25) is 10.0 Å². The number of carbonyl (C=O) groups is 1. The van der Waals surface area contributed by atoms with E-state index in [9.17, 15) is 13.2 Å². The summed E-state index contributed by atoms with van der Waals surface area (Å²) >= 11 is 0. The molecule has 1 heterocycles. The molecule has 1 N–H and O–H groups in total.